The van der Waals surface area contributed by atoms with Gasteiger partial charge in [-0.1, -0.05) is 24.3 Å². The molecule has 21 heavy (non-hydrogen) atoms. The minimum atomic E-state index is -3.28. The molecule has 1 fully saturated rings. The van der Waals surface area contributed by atoms with Crippen LogP contribution in [0.5, 0.6) is 0 Å². The quantitative estimate of drug-likeness (QED) is 0.861. The lowest BCUT2D eigenvalue weighted by atomic mass is 10.1. The van der Waals surface area contributed by atoms with Gasteiger partial charge in [0, 0.05) is 26.7 Å². The first-order valence-electron chi connectivity index (χ1n) is 7.28. The molecule has 1 N–H and O–H groups in total. The number of benzene rings is 1. The highest BCUT2D eigenvalue weighted by Gasteiger charge is 2.28. The maximum Gasteiger partial charge on any atom is 0.218 e. The van der Waals surface area contributed by atoms with Crippen molar-refractivity contribution >= 4 is 10.0 Å². The van der Waals surface area contributed by atoms with Gasteiger partial charge in [-0.15, -0.1) is 0 Å². The molecule has 1 unspecified atom stereocenters. The molecule has 0 saturated carbocycles. The van der Waals surface area contributed by atoms with Gasteiger partial charge in [0.05, 0.1) is 11.9 Å². The predicted octanol–water partition coefficient (Wildman–Crippen LogP) is 1.35. The smallest absolute Gasteiger partial charge is 0.218 e. The molecule has 2 rings (SSSR count). The molecule has 5 nitrogen and oxygen atoms in total. The van der Waals surface area contributed by atoms with Crippen molar-refractivity contribution in [1.82, 2.24) is 9.62 Å². The van der Waals surface area contributed by atoms with Gasteiger partial charge in [-0.2, -0.15) is 4.31 Å². The number of hydrogen-bond acceptors (Lipinski definition) is 4. The highest BCUT2D eigenvalue weighted by Crippen LogP contribution is 2.19. The molecular formula is C15H24N2O3S. The number of ether oxygens (including phenoxy) is 1. The van der Waals surface area contributed by atoms with E-state index in [0.29, 0.717) is 13.1 Å². The second kappa shape index (κ2) is 7.35. The minimum Gasteiger partial charge on any atom is -0.380 e. The van der Waals surface area contributed by atoms with Gasteiger partial charge in [0.1, 0.15) is 0 Å². The molecule has 0 aliphatic carbocycles. The van der Waals surface area contributed by atoms with E-state index in [1.165, 1.54) is 0 Å². The van der Waals surface area contributed by atoms with Gasteiger partial charge in [-0.25, -0.2) is 8.42 Å². The molecule has 1 saturated heterocycles. The minimum absolute atomic E-state index is 0.0177. The van der Waals surface area contributed by atoms with Crippen LogP contribution < -0.4 is 5.32 Å². The number of nitrogens with one attached hydrogen (secondary N) is 1. The zero-order valence-corrected chi connectivity index (χ0v) is 13.5. The summed E-state index contributed by atoms with van der Waals surface area (Å²) >= 11 is 0. The van der Waals surface area contributed by atoms with E-state index in [1.54, 1.807) is 11.4 Å². The summed E-state index contributed by atoms with van der Waals surface area (Å²) < 4.78 is 31.9. The van der Waals surface area contributed by atoms with Gasteiger partial charge in [-0.05, 0) is 31.0 Å². The van der Waals surface area contributed by atoms with E-state index >= 15 is 0 Å². The summed E-state index contributed by atoms with van der Waals surface area (Å²) in [6.07, 6.45) is 1.81. The molecule has 0 amide bonds. The molecule has 0 aromatic heterocycles. The number of sulfonamides is 1. The third kappa shape index (κ3) is 4.51. The summed E-state index contributed by atoms with van der Waals surface area (Å²) in [4.78, 5) is 0. The number of hydrogen-bond donors (Lipinski definition) is 1. The summed E-state index contributed by atoms with van der Waals surface area (Å²) in [7, 11) is 0.240. The van der Waals surface area contributed by atoms with Crippen LogP contribution in [0.2, 0.25) is 0 Å². The highest BCUT2D eigenvalue weighted by molar-refractivity contribution is 7.88. The molecule has 0 spiro atoms. The molecule has 1 aromatic rings. The first-order chi connectivity index (χ1) is 10.0. The number of nitrogens with zero attached hydrogens (tertiary/aromatic N) is 1. The van der Waals surface area contributed by atoms with E-state index < -0.39 is 10.0 Å². The molecule has 6 heteroatoms. The maximum atomic E-state index is 12.5. The Bertz CT molecular complexity index is 560. The van der Waals surface area contributed by atoms with Crippen molar-refractivity contribution in [3.8, 4) is 0 Å². The van der Waals surface area contributed by atoms with Crippen LogP contribution >= 0.6 is 0 Å². The van der Waals surface area contributed by atoms with Crippen LogP contribution in [0, 0.1) is 0 Å². The second-order valence-corrected chi connectivity index (χ2v) is 7.43. The third-order valence-electron chi connectivity index (χ3n) is 3.79. The highest BCUT2D eigenvalue weighted by atomic mass is 32.2. The Balaban J connectivity index is 2.08. The van der Waals surface area contributed by atoms with Crippen molar-refractivity contribution in [2.75, 3.05) is 27.2 Å². The van der Waals surface area contributed by atoms with E-state index in [4.69, 9.17) is 4.74 Å². The molecule has 1 heterocycles. The summed E-state index contributed by atoms with van der Waals surface area (Å²) in [6.45, 7) is 1.80. The van der Waals surface area contributed by atoms with Gasteiger partial charge in [0.15, 0.2) is 0 Å². The third-order valence-corrected chi connectivity index (χ3v) is 5.61. The molecule has 0 bridgehead atoms. The molecule has 1 aliphatic rings. The second-order valence-electron chi connectivity index (χ2n) is 5.46. The summed E-state index contributed by atoms with van der Waals surface area (Å²) in [5, 5.41) is 3.07. The van der Waals surface area contributed by atoms with Crippen LogP contribution in [0.3, 0.4) is 0 Å². The zero-order valence-electron chi connectivity index (χ0n) is 12.7. The molecule has 1 aliphatic heterocycles. The lowest BCUT2D eigenvalue weighted by Crippen LogP contribution is -2.43. The predicted molar refractivity (Wildman–Crippen MR) is 83.4 cm³/mol. The average molecular weight is 312 g/mol. The Morgan fingerprint density at radius 3 is 2.86 bits per heavy atom. The Morgan fingerprint density at radius 1 is 1.38 bits per heavy atom. The van der Waals surface area contributed by atoms with Crippen LogP contribution in [-0.2, 0) is 27.1 Å². The molecule has 1 aromatic carbocycles. The molecule has 1 atom stereocenters. The normalized spacial score (nSPS) is 20.6. The molecule has 0 radical (unpaired) electrons. The van der Waals surface area contributed by atoms with E-state index in [0.717, 1.165) is 30.5 Å². The van der Waals surface area contributed by atoms with Crippen LogP contribution in [0.4, 0.5) is 0 Å². The number of piperidine rings is 1. The molecular weight excluding hydrogens is 288 g/mol. The monoisotopic (exact) mass is 312 g/mol. The van der Waals surface area contributed by atoms with Crippen LogP contribution in [-0.4, -0.2) is 46.1 Å². The SMILES string of the molecule is CNCc1cccc(CS(=O)(=O)N2CCCC(OC)C2)c1. The fraction of sp³-hybridized carbons (Fsp3) is 0.600. The maximum absolute atomic E-state index is 12.5. The van der Waals surface area contributed by atoms with Crippen molar-refractivity contribution < 1.29 is 13.2 Å². The average Bonchev–Trinajstić information content (AvgIpc) is 2.47. The summed E-state index contributed by atoms with van der Waals surface area (Å²) in [5.41, 5.74) is 1.93. The Hall–Kier alpha value is -0.950. The van der Waals surface area contributed by atoms with Gasteiger partial charge in [-0.3, -0.25) is 0 Å². The fourth-order valence-electron chi connectivity index (χ4n) is 2.69. The van der Waals surface area contributed by atoms with Gasteiger partial charge >= 0.3 is 0 Å². The number of rotatable bonds is 6. The van der Waals surface area contributed by atoms with Crippen LogP contribution in [0.1, 0.15) is 24.0 Å². The van der Waals surface area contributed by atoms with E-state index in [2.05, 4.69) is 5.32 Å². The Kier molecular flexibility index (Phi) is 5.75. The largest absolute Gasteiger partial charge is 0.380 e. The van der Waals surface area contributed by atoms with Crippen molar-refractivity contribution in [2.24, 2.45) is 0 Å². The van der Waals surface area contributed by atoms with Crippen molar-refractivity contribution in [1.29, 1.82) is 0 Å². The number of methoxy groups -OCH3 is 1. The first kappa shape index (κ1) is 16.4. The topological polar surface area (TPSA) is 58.6 Å². The first-order valence-corrected chi connectivity index (χ1v) is 8.89. The van der Waals surface area contributed by atoms with Gasteiger partial charge in [0.2, 0.25) is 10.0 Å². The van der Waals surface area contributed by atoms with E-state index in [1.807, 2.05) is 31.3 Å². The standard InChI is InChI=1S/C15H24N2O3S/c1-16-10-13-5-3-6-14(9-13)12-21(18,19)17-8-4-7-15(11-17)20-2/h3,5-6,9,15-16H,4,7-8,10-12H2,1-2H3. The van der Waals surface area contributed by atoms with E-state index in [9.17, 15) is 8.42 Å². The summed E-state index contributed by atoms with van der Waals surface area (Å²) in [5.74, 6) is 0.0565. The van der Waals surface area contributed by atoms with Crippen molar-refractivity contribution in [3.05, 3.63) is 35.4 Å². The van der Waals surface area contributed by atoms with Crippen molar-refractivity contribution in [3.63, 3.8) is 0 Å². The van der Waals surface area contributed by atoms with Crippen LogP contribution in [0.25, 0.3) is 0 Å². The van der Waals surface area contributed by atoms with Crippen molar-refractivity contribution in [2.45, 2.75) is 31.2 Å². The fourth-order valence-corrected chi connectivity index (χ4v) is 4.27. The van der Waals surface area contributed by atoms with Gasteiger partial charge in [0.25, 0.3) is 0 Å². The van der Waals surface area contributed by atoms with Crippen LogP contribution in [0.15, 0.2) is 24.3 Å². The molecule has 118 valence electrons. The Labute approximate surface area is 127 Å². The lowest BCUT2D eigenvalue weighted by Gasteiger charge is -2.31. The Morgan fingerprint density at radius 2 is 2.14 bits per heavy atom. The van der Waals surface area contributed by atoms with E-state index in [-0.39, 0.29) is 11.9 Å². The zero-order chi connectivity index (χ0) is 15.3. The lowest BCUT2D eigenvalue weighted by molar-refractivity contribution is 0.0571. The summed E-state index contributed by atoms with van der Waals surface area (Å²) in [6, 6.07) is 7.72. The van der Waals surface area contributed by atoms with Gasteiger partial charge < -0.3 is 10.1 Å².